The highest BCUT2D eigenvalue weighted by atomic mass is 16.5. The van der Waals surface area contributed by atoms with E-state index in [0.29, 0.717) is 19.4 Å². The first kappa shape index (κ1) is 8.66. The molecule has 0 saturated heterocycles. The third-order valence-electron chi connectivity index (χ3n) is 1.09. The Balaban J connectivity index is 3.04. The van der Waals surface area contributed by atoms with E-state index in [4.69, 9.17) is 9.84 Å². The maximum absolute atomic E-state index is 9.03. The standard InChI is InChI=1S/C7H14O2/c1-3-4-7(8)5-6-9-2/h3,7-8H,1,4-6H2,2H3. The van der Waals surface area contributed by atoms with Crippen molar-refractivity contribution in [2.75, 3.05) is 13.7 Å². The normalized spacial score (nSPS) is 13.1. The molecule has 0 aliphatic heterocycles. The molecule has 1 N–H and O–H groups in total. The average Bonchev–Trinajstić information content (AvgIpc) is 1.85. The summed E-state index contributed by atoms with van der Waals surface area (Å²) < 4.78 is 4.76. The summed E-state index contributed by atoms with van der Waals surface area (Å²) in [4.78, 5) is 0. The summed E-state index contributed by atoms with van der Waals surface area (Å²) in [6.45, 7) is 4.13. The van der Waals surface area contributed by atoms with Gasteiger partial charge in [0.2, 0.25) is 0 Å². The van der Waals surface area contributed by atoms with Crippen molar-refractivity contribution in [3.05, 3.63) is 12.7 Å². The Bertz CT molecular complexity index is 71.3. The van der Waals surface area contributed by atoms with Gasteiger partial charge in [0.15, 0.2) is 0 Å². The van der Waals surface area contributed by atoms with Gasteiger partial charge in [-0.3, -0.25) is 0 Å². The molecule has 1 atom stereocenters. The van der Waals surface area contributed by atoms with Crippen LogP contribution in [0.2, 0.25) is 0 Å². The van der Waals surface area contributed by atoms with Crippen LogP contribution in [0, 0.1) is 0 Å². The predicted molar refractivity (Wildman–Crippen MR) is 37.3 cm³/mol. The summed E-state index contributed by atoms with van der Waals surface area (Å²) in [5.41, 5.74) is 0. The van der Waals surface area contributed by atoms with Gasteiger partial charge in [0.1, 0.15) is 0 Å². The van der Waals surface area contributed by atoms with Crippen molar-refractivity contribution in [1.29, 1.82) is 0 Å². The van der Waals surface area contributed by atoms with Crippen LogP contribution in [0.3, 0.4) is 0 Å². The third-order valence-corrected chi connectivity index (χ3v) is 1.09. The summed E-state index contributed by atoms with van der Waals surface area (Å²) in [5, 5.41) is 9.03. The Kier molecular flexibility index (Phi) is 5.57. The minimum atomic E-state index is -0.276. The summed E-state index contributed by atoms with van der Waals surface area (Å²) in [6, 6.07) is 0. The fraction of sp³-hybridized carbons (Fsp3) is 0.714. The molecule has 2 heteroatoms. The largest absolute Gasteiger partial charge is 0.393 e. The van der Waals surface area contributed by atoms with Gasteiger partial charge >= 0.3 is 0 Å². The van der Waals surface area contributed by atoms with E-state index in [1.54, 1.807) is 13.2 Å². The predicted octanol–water partition coefficient (Wildman–Crippen LogP) is 0.960. The Labute approximate surface area is 56.1 Å². The van der Waals surface area contributed by atoms with E-state index in [0.717, 1.165) is 0 Å². The molecule has 0 heterocycles. The van der Waals surface area contributed by atoms with Crippen molar-refractivity contribution in [3.8, 4) is 0 Å². The molecule has 1 unspecified atom stereocenters. The highest BCUT2D eigenvalue weighted by Gasteiger charge is 1.98. The second-order valence-corrected chi connectivity index (χ2v) is 1.96. The Hall–Kier alpha value is -0.340. The van der Waals surface area contributed by atoms with Gasteiger partial charge in [-0.05, 0) is 12.8 Å². The second kappa shape index (κ2) is 5.79. The fourth-order valence-corrected chi connectivity index (χ4v) is 0.564. The smallest absolute Gasteiger partial charge is 0.0596 e. The zero-order valence-corrected chi connectivity index (χ0v) is 5.84. The van der Waals surface area contributed by atoms with Crippen molar-refractivity contribution in [2.24, 2.45) is 0 Å². The summed E-state index contributed by atoms with van der Waals surface area (Å²) in [7, 11) is 1.63. The number of hydrogen-bond donors (Lipinski definition) is 1. The number of aliphatic hydroxyl groups is 1. The van der Waals surface area contributed by atoms with E-state index in [2.05, 4.69) is 6.58 Å². The minimum Gasteiger partial charge on any atom is -0.393 e. The maximum Gasteiger partial charge on any atom is 0.0596 e. The lowest BCUT2D eigenvalue weighted by Crippen LogP contribution is -2.07. The van der Waals surface area contributed by atoms with E-state index in [1.807, 2.05) is 0 Å². The van der Waals surface area contributed by atoms with Crippen molar-refractivity contribution in [2.45, 2.75) is 18.9 Å². The lowest BCUT2D eigenvalue weighted by molar-refractivity contribution is 0.112. The Morgan fingerprint density at radius 1 is 1.78 bits per heavy atom. The van der Waals surface area contributed by atoms with Crippen molar-refractivity contribution in [1.82, 2.24) is 0 Å². The zero-order chi connectivity index (χ0) is 7.11. The van der Waals surface area contributed by atoms with Crippen molar-refractivity contribution in [3.63, 3.8) is 0 Å². The van der Waals surface area contributed by atoms with Gasteiger partial charge in [-0.15, -0.1) is 6.58 Å². The molecule has 0 bridgehead atoms. The molecule has 0 saturated carbocycles. The molecular formula is C7H14O2. The van der Waals surface area contributed by atoms with E-state index >= 15 is 0 Å². The van der Waals surface area contributed by atoms with Gasteiger partial charge in [0.25, 0.3) is 0 Å². The van der Waals surface area contributed by atoms with Crippen LogP contribution in [0.5, 0.6) is 0 Å². The molecule has 0 rings (SSSR count). The van der Waals surface area contributed by atoms with Crippen LogP contribution < -0.4 is 0 Å². The van der Waals surface area contributed by atoms with Crippen molar-refractivity contribution < 1.29 is 9.84 Å². The first-order valence-corrected chi connectivity index (χ1v) is 3.09. The number of rotatable bonds is 5. The molecule has 0 spiro atoms. The first-order chi connectivity index (χ1) is 4.31. The quantitative estimate of drug-likeness (QED) is 0.562. The summed E-state index contributed by atoms with van der Waals surface area (Å²) in [6.07, 6.45) is 2.79. The minimum absolute atomic E-state index is 0.276. The third kappa shape index (κ3) is 5.53. The van der Waals surface area contributed by atoms with Crippen LogP contribution in [0.15, 0.2) is 12.7 Å². The van der Waals surface area contributed by atoms with Gasteiger partial charge in [-0.1, -0.05) is 6.08 Å². The van der Waals surface area contributed by atoms with Crippen LogP contribution in [-0.4, -0.2) is 24.9 Å². The molecule has 0 fully saturated rings. The SMILES string of the molecule is C=CCC(O)CCOC. The number of methoxy groups -OCH3 is 1. The van der Waals surface area contributed by atoms with Gasteiger partial charge < -0.3 is 9.84 Å². The van der Waals surface area contributed by atoms with E-state index in [9.17, 15) is 0 Å². The number of aliphatic hydroxyl groups excluding tert-OH is 1. The van der Waals surface area contributed by atoms with Crippen LogP contribution in [0.25, 0.3) is 0 Å². The molecule has 54 valence electrons. The molecule has 2 nitrogen and oxygen atoms in total. The fourth-order valence-electron chi connectivity index (χ4n) is 0.564. The number of hydrogen-bond acceptors (Lipinski definition) is 2. The molecule has 0 aliphatic rings. The zero-order valence-electron chi connectivity index (χ0n) is 5.84. The van der Waals surface area contributed by atoms with Gasteiger partial charge in [0, 0.05) is 13.7 Å². The van der Waals surface area contributed by atoms with E-state index < -0.39 is 0 Å². The topological polar surface area (TPSA) is 29.5 Å². The lowest BCUT2D eigenvalue weighted by atomic mass is 10.2. The Morgan fingerprint density at radius 2 is 2.44 bits per heavy atom. The van der Waals surface area contributed by atoms with Crippen LogP contribution in [-0.2, 0) is 4.74 Å². The number of ether oxygens (including phenoxy) is 1. The molecular weight excluding hydrogens is 116 g/mol. The molecule has 0 aromatic carbocycles. The van der Waals surface area contributed by atoms with Crippen molar-refractivity contribution >= 4 is 0 Å². The average molecular weight is 130 g/mol. The van der Waals surface area contributed by atoms with E-state index in [1.165, 1.54) is 0 Å². The van der Waals surface area contributed by atoms with E-state index in [-0.39, 0.29) is 6.10 Å². The summed E-state index contributed by atoms with van der Waals surface area (Å²) >= 11 is 0. The lowest BCUT2D eigenvalue weighted by Gasteiger charge is -2.04. The van der Waals surface area contributed by atoms with Crippen LogP contribution >= 0.6 is 0 Å². The highest BCUT2D eigenvalue weighted by molar-refractivity contribution is 4.71. The van der Waals surface area contributed by atoms with Crippen LogP contribution in [0.4, 0.5) is 0 Å². The van der Waals surface area contributed by atoms with Gasteiger partial charge in [-0.2, -0.15) is 0 Å². The Morgan fingerprint density at radius 3 is 2.89 bits per heavy atom. The first-order valence-electron chi connectivity index (χ1n) is 3.09. The highest BCUT2D eigenvalue weighted by Crippen LogP contribution is 1.96. The molecule has 0 radical (unpaired) electrons. The monoisotopic (exact) mass is 130 g/mol. The summed E-state index contributed by atoms with van der Waals surface area (Å²) in [5.74, 6) is 0. The van der Waals surface area contributed by atoms with Gasteiger partial charge in [-0.25, -0.2) is 0 Å². The maximum atomic E-state index is 9.03. The molecule has 0 amide bonds. The molecule has 0 aromatic rings. The van der Waals surface area contributed by atoms with Crippen LogP contribution in [0.1, 0.15) is 12.8 Å². The molecule has 9 heavy (non-hydrogen) atoms. The van der Waals surface area contributed by atoms with Gasteiger partial charge in [0.05, 0.1) is 6.10 Å². The molecule has 0 aromatic heterocycles. The molecule has 0 aliphatic carbocycles. The second-order valence-electron chi connectivity index (χ2n) is 1.96.